The van der Waals surface area contributed by atoms with Crippen molar-refractivity contribution in [3.8, 4) is 0 Å². The monoisotopic (exact) mass is 234 g/mol. The molecule has 0 heterocycles. The molecule has 0 aliphatic heterocycles. The Bertz CT molecular complexity index is 354. The van der Waals surface area contributed by atoms with Crippen molar-refractivity contribution in [3.63, 3.8) is 0 Å². The number of amides is 1. The standard InChI is InChI=1S/C14H22N2O/c1-4-5-6-15-14(17)10-16-13-8-11(2)7-12(3)9-13/h7-9,16H,4-6,10H2,1-3H3,(H,15,17). The second kappa shape index (κ2) is 6.94. The fraction of sp³-hybridized carbons (Fsp3) is 0.500. The molecule has 0 fully saturated rings. The van der Waals surface area contributed by atoms with Gasteiger partial charge < -0.3 is 10.6 Å². The number of hydrogen-bond donors (Lipinski definition) is 2. The van der Waals surface area contributed by atoms with Crippen LogP contribution in [0.25, 0.3) is 0 Å². The highest BCUT2D eigenvalue weighted by Crippen LogP contribution is 2.13. The van der Waals surface area contributed by atoms with Gasteiger partial charge in [-0.05, 0) is 43.5 Å². The van der Waals surface area contributed by atoms with Gasteiger partial charge >= 0.3 is 0 Å². The van der Waals surface area contributed by atoms with Crippen LogP contribution in [0.5, 0.6) is 0 Å². The van der Waals surface area contributed by atoms with E-state index in [2.05, 4.69) is 37.5 Å². The lowest BCUT2D eigenvalue weighted by Gasteiger charge is -2.09. The Morgan fingerprint density at radius 2 is 1.82 bits per heavy atom. The average Bonchev–Trinajstić information content (AvgIpc) is 2.25. The van der Waals surface area contributed by atoms with Crippen LogP contribution in [-0.4, -0.2) is 19.0 Å². The van der Waals surface area contributed by atoms with Crippen LogP contribution in [-0.2, 0) is 4.79 Å². The molecule has 0 saturated carbocycles. The minimum atomic E-state index is 0.0533. The normalized spacial score (nSPS) is 10.1. The van der Waals surface area contributed by atoms with Crippen LogP contribution in [0, 0.1) is 13.8 Å². The molecule has 0 atom stereocenters. The van der Waals surface area contributed by atoms with Gasteiger partial charge in [-0.15, -0.1) is 0 Å². The number of benzene rings is 1. The molecule has 1 aromatic rings. The van der Waals surface area contributed by atoms with Crippen molar-refractivity contribution >= 4 is 11.6 Å². The summed E-state index contributed by atoms with van der Waals surface area (Å²) < 4.78 is 0. The van der Waals surface area contributed by atoms with Crippen molar-refractivity contribution in [2.45, 2.75) is 33.6 Å². The van der Waals surface area contributed by atoms with Crippen molar-refractivity contribution in [2.24, 2.45) is 0 Å². The first kappa shape index (κ1) is 13.6. The van der Waals surface area contributed by atoms with Gasteiger partial charge in [0.2, 0.25) is 5.91 Å². The summed E-state index contributed by atoms with van der Waals surface area (Å²) in [5.41, 5.74) is 3.42. The summed E-state index contributed by atoms with van der Waals surface area (Å²) in [7, 11) is 0. The molecule has 3 heteroatoms. The van der Waals surface area contributed by atoms with Crippen molar-refractivity contribution < 1.29 is 4.79 Å². The van der Waals surface area contributed by atoms with Crippen molar-refractivity contribution in [3.05, 3.63) is 29.3 Å². The molecule has 1 aromatic carbocycles. The fourth-order valence-corrected chi connectivity index (χ4v) is 1.73. The second-order valence-electron chi connectivity index (χ2n) is 4.43. The largest absolute Gasteiger partial charge is 0.376 e. The third-order valence-electron chi connectivity index (χ3n) is 2.53. The Kier molecular flexibility index (Phi) is 5.53. The summed E-state index contributed by atoms with van der Waals surface area (Å²) in [5, 5.41) is 6.02. The van der Waals surface area contributed by atoms with Gasteiger partial charge in [-0.1, -0.05) is 19.4 Å². The van der Waals surface area contributed by atoms with Crippen LogP contribution in [0.4, 0.5) is 5.69 Å². The molecular formula is C14H22N2O. The molecule has 0 bridgehead atoms. The number of aryl methyl sites for hydroxylation is 2. The third-order valence-corrected chi connectivity index (χ3v) is 2.53. The third kappa shape index (κ3) is 5.38. The summed E-state index contributed by atoms with van der Waals surface area (Å²) in [6.07, 6.45) is 2.14. The van der Waals surface area contributed by atoms with Gasteiger partial charge in [0.15, 0.2) is 0 Å². The van der Waals surface area contributed by atoms with E-state index in [0.29, 0.717) is 6.54 Å². The first-order valence-electron chi connectivity index (χ1n) is 6.20. The molecule has 3 nitrogen and oxygen atoms in total. The van der Waals surface area contributed by atoms with Crippen LogP contribution in [0.3, 0.4) is 0 Å². The highest BCUT2D eigenvalue weighted by Gasteiger charge is 2.00. The van der Waals surface area contributed by atoms with E-state index in [1.54, 1.807) is 0 Å². The van der Waals surface area contributed by atoms with Crippen LogP contribution >= 0.6 is 0 Å². The lowest BCUT2D eigenvalue weighted by Crippen LogP contribution is -2.30. The van der Waals surface area contributed by atoms with Crippen LogP contribution in [0.15, 0.2) is 18.2 Å². The maximum absolute atomic E-state index is 11.5. The molecule has 17 heavy (non-hydrogen) atoms. The first-order valence-corrected chi connectivity index (χ1v) is 6.20. The maximum Gasteiger partial charge on any atom is 0.239 e. The number of rotatable bonds is 6. The first-order chi connectivity index (χ1) is 8.11. The van der Waals surface area contributed by atoms with Crippen molar-refractivity contribution in [1.29, 1.82) is 0 Å². The molecule has 94 valence electrons. The van der Waals surface area contributed by atoms with Gasteiger partial charge in [0, 0.05) is 12.2 Å². The summed E-state index contributed by atoms with van der Waals surface area (Å²) in [6.45, 7) is 7.33. The van der Waals surface area contributed by atoms with E-state index in [-0.39, 0.29) is 5.91 Å². The summed E-state index contributed by atoms with van der Waals surface area (Å²) in [5.74, 6) is 0.0533. The number of unbranched alkanes of at least 4 members (excludes halogenated alkanes) is 1. The Balaban J connectivity index is 2.36. The highest BCUT2D eigenvalue weighted by molar-refractivity contribution is 5.80. The van der Waals surface area contributed by atoms with Gasteiger partial charge in [-0.2, -0.15) is 0 Å². The fourth-order valence-electron chi connectivity index (χ4n) is 1.73. The van der Waals surface area contributed by atoms with Gasteiger partial charge in [0.05, 0.1) is 6.54 Å². The highest BCUT2D eigenvalue weighted by atomic mass is 16.1. The minimum Gasteiger partial charge on any atom is -0.376 e. The summed E-state index contributed by atoms with van der Waals surface area (Å²) in [4.78, 5) is 11.5. The molecule has 0 radical (unpaired) electrons. The van der Waals surface area contributed by atoms with E-state index in [1.807, 2.05) is 12.1 Å². The van der Waals surface area contributed by atoms with Gasteiger partial charge in [-0.25, -0.2) is 0 Å². The topological polar surface area (TPSA) is 41.1 Å². The molecule has 1 amide bonds. The number of carbonyl (C=O) groups is 1. The van der Waals surface area contributed by atoms with Gasteiger partial charge in [0.25, 0.3) is 0 Å². The minimum absolute atomic E-state index is 0.0533. The van der Waals surface area contributed by atoms with E-state index in [0.717, 1.165) is 25.1 Å². The molecule has 0 spiro atoms. The molecule has 2 N–H and O–H groups in total. The molecule has 0 aliphatic carbocycles. The Morgan fingerprint density at radius 1 is 1.18 bits per heavy atom. The van der Waals surface area contributed by atoms with Crippen LogP contribution in [0.2, 0.25) is 0 Å². The Labute approximate surface area is 104 Å². The molecule has 0 aromatic heterocycles. The smallest absolute Gasteiger partial charge is 0.239 e. The lowest BCUT2D eigenvalue weighted by molar-refractivity contribution is -0.119. The Hall–Kier alpha value is -1.51. The number of carbonyl (C=O) groups excluding carboxylic acids is 1. The summed E-state index contributed by atoms with van der Waals surface area (Å²) >= 11 is 0. The van der Waals surface area contributed by atoms with E-state index in [1.165, 1.54) is 11.1 Å². The number of anilines is 1. The molecule has 1 rings (SSSR count). The second-order valence-corrected chi connectivity index (χ2v) is 4.43. The van der Waals surface area contributed by atoms with E-state index >= 15 is 0 Å². The predicted molar refractivity (Wildman–Crippen MR) is 72.3 cm³/mol. The molecular weight excluding hydrogens is 212 g/mol. The number of hydrogen-bond acceptors (Lipinski definition) is 2. The average molecular weight is 234 g/mol. The maximum atomic E-state index is 11.5. The van der Waals surface area contributed by atoms with Gasteiger partial charge in [0.1, 0.15) is 0 Å². The van der Waals surface area contributed by atoms with Crippen LogP contribution < -0.4 is 10.6 Å². The zero-order valence-electron chi connectivity index (χ0n) is 11.0. The Morgan fingerprint density at radius 3 is 2.41 bits per heavy atom. The van der Waals surface area contributed by atoms with E-state index in [9.17, 15) is 4.79 Å². The van der Waals surface area contributed by atoms with Crippen LogP contribution in [0.1, 0.15) is 30.9 Å². The molecule has 0 aliphatic rings. The van der Waals surface area contributed by atoms with E-state index in [4.69, 9.17) is 0 Å². The number of nitrogens with one attached hydrogen (secondary N) is 2. The summed E-state index contributed by atoms with van der Waals surface area (Å²) in [6, 6.07) is 6.21. The molecule has 0 unspecified atom stereocenters. The predicted octanol–water partition coefficient (Wildman–Crippen LogP) is 2.63. The van der Waals surface area contributed by atoms with Crippen molar-refractivity contribution in [2.75, 3.05) is 18.4 Å². The quantitative estimate of drug-likeness (QED) is 0.743. The van der Waals surface area contributed by atoms with Crippen molar-refractivity contribution in [1.82, 2.24) is 5.32 Å². The zero-order chi connectivity index (χ0) is 12.7. The molecule has 0 saturated heterocycles. The lowest BCUT2D eigenvalue weighted by atomic mass is 10.1. The SMILES string of the molecule is CCCCNC(=O)CNc1cc(C)cc(C)c1. The zero-order valence-corrected chi connectivity index (χ0v) is 11.0. The van der Waals surface area contributed by atoms with E-state index < -0.39 is 0 Å². The van der Waals surface area contributed by atoms with Gasteiger partial charge in [-0.3, -0.25) is 4.79 Å².